The maximum absolute atomic E-state index is 5.44. The molecular formula is C18H39NO. The molecule has 2 unspecified atom stereocenters. The van der Waals surface area contributed by atoms with Gasteiger partial charge < -0.3 is 10.1 Å². The molecule has 0 heterocycles. The molecule has 0 saturated heterocycles. The van der Waals surface area contributed by atoms with Gasteiger partial charge in [0.05, 0.1) is 6.10 Å². The van der Waals surface area contributed by atoms with Crippen molar-refractivity contribution in [2.24, 2.45) is 0 Å². The molecule has 0 aromatic heterocycles. The van der Waals surface area contributed by atoms with Crippen LogP contribution in [0.1, 0.15) is 91.4 Å². The number of hydrogen-bond acceptors (Lipinski definition) is 2. The summed E-state index contributed by atoms with van der Waals surface area (Å²) in [5.41, 5.74) is 0. The molecule has 122 valence electrons. The lowest BCUT2D eigenvalue weighted by Crippen LogP contribution is -2.39. The molecule has 20 heavy (non-hydrogen) atoms. The molecule has 0 radical (unpaired) electrons. The van der Waals surface area contributed by atoms with Crippen molar-refractivity contribution >= 4 is 0 Å². The standard InChI is InChI=1S/C18H39NO/c1-5-7-8-9-10-11-12-13-14-15-16-18(19-6-2)17(3)20-4/h17-19H,5-16H2,1-4H3. The second kappa shape index (κ2) is 15.3. The van der Waals surface area contributed by atoms with E-state index in [0.29, 0.717) is 12.1 Å². The van der Waals surface area contributed by atoms with Crippen LogP contribution in [0.4, 0.5) is 0 Å². The van der Waals surface area contributed by atoms with Gasteiger partial charge >= 0.3 is 0 Å². The Bertz CT molecular complexity index is 184. The van der Waals surface area contributed by atoms with Crippen molar-refractivity contribution < 1.29 is 4.74 Å². The van der Waals surface area contributed by atoms with Gasteiger partial charge in [0.15, 0.2) is 0 Å². The summed E-state index contributed by atoms with van der Waals surface area (Å²) in [7, 11) is 1.81. The van der Waals surface area contributed by atoms with Crippen LogP contribution >= 0.6 is 0 Å². The van der Waals surface area contributed by atoms with Crippen molar-refractivity contribution in [2.45, 2.75) is 104 Å². The van der Waals surface area contributed by atoms with E-state index in [9.17, 15) is 0 Å². The summed E-state index contributed by atoms with van der Waals surface area (Å²) in [6.45, 7) is 7.67. The van der Waals surface area contributed by atoms with E-state index in [1.54, 1.807) is 0 Å². The second-order valence-corrected chi connectivity index (χ2v) is 6.08. The predicted molar refractivity (Wildman–Crippen MR) is 90.4 cm³/mol. The minimum absolute atomic E-state index is 0.327. The topological polar surface area (TPSA) is 21.3 Å². The van der Waals surface area contributed by atoms with Gasteiger partial charge in [0, 0.05) is 13.2 Å². The minimum Gasteiger partial charge on any atom is -0.380 e. The van der Waals surface area contributed by atoms with E-state index in [2.05, 4.69) is 26.1 Å². The lowest BCUT2D eigenvalue weighted by molar-refractivity contribution is 0.0796. The molecule has 2 atom stereocenters. The highest BCUT2D eigenvalue weighted by atomic mass is 16.5. The summed E-state index contributed by atoms with van der Waals surface area (Å²) in [6, 6.07) is 0.527. The summed E-state index contributed by atoms with van der Waals surface area (Å²) in [5, 5.41) is 3.54. The first-order chi connectivity index (χ1) is 9.76. The Balaban J connectivity index is 3.36. The molecule has 0 aromatic carbocycles. The van der Waals surface area contributed by atoms with E-state index < -0.39 is 0 Å². The molecule has 2 nitrogen and oxygen atoms in total. The number of methoxy groups -OCH3 is 1. The van der Waals surface area contributed by atoms with E-state index in [1.807, 2.05) is 7.11 Å². The van der Waals surface area contributed by atoms with Gasteiger partial charge in [-0.15, -0.1) is 0 Å². The SMILES string of the molecule is CCCCCCCCCCCCC(NCC)C(C)OC. The van der Waals surface area contributed by atoms with Gasteiger partial charge in [0.1, 0.15) is 0 Å². The Kier molecular flexibility index (Phi) is 15.3. The molecule has 0 fully saturated rings. The number of likely N-dealkylation sites (N-methyl/N-ethyl adjacent to an activating group) is 1. The first-order valence-electron chi connectivity index (χ1n) is 9.02. The molecule has 0 aliphatic carbocycles. The molecule has 2 heteroatoms. The molecule has 0 aliphatic heterocycles. The summed E-state index contributed by atoms with van der Waals surface area (Å²) < 4.78 is 5.44. The van der Waals surface area contributed by atoms with Crippen LogP contribution in [0.15, 0.2) is 0 Å². The summed E-state index contributed by atoms with van der Waals surface area (Å²) >= 11 is 0. The highest BCUT2D eigenvalue weighted by Crippen LogP contribution is 2.13. The van der Waals surface area contributed by atoms with Crippen LogP contribution in [-0.2, 0) is 4.74 Å². The molecule has 0 aliphatic rings. The van der Waals surface area contributed by atoms with Crippen molar-refractivity contribution in [1.29, 1.82) is 0 Å². The summed E-state index contributed by atoms with van der Waals surface area (Å²) in [5.74, 6) is 0. The second-order valence-electron chi connectivity index (χ2n) is 6.08. The fourth-order valence-electron chi connectivity index (χ4n) is 2.78. The lowest BCUT2D eigenvalue weighted by Gasteiger charge is -2.23. The van der Waals surface area contributed by atoms with E-state index >= 15 is 0 Å². The number of hydrogen-bond donors (Lipinski definition) is 1. The van der Waals surface area contributed by atoms with Crippen LogP contribution in [0, 0.1) is 0 Å². The van der Waals surface area contributed by atoms with Gasteiger partial charge in [0.25, 0.3) is 0 Å². The highest BCUT2D eigenvalue weighted by Gasteiger charge is 2.14. The monoisotopic (exact) mass is 285 g/mol. The van der Waals surface area contributed by atoms with E-state index in [1.165, 1.54) is 70.6 Å². The first-order valence-corrected chi connectivity index (χ1v) is 9.02. The summed E-state index contributed by atoms with van der Waals surface area (Å²) in [4.78, 5) is 0. The van der Waals surface area contributed by atoms with Crippen LogP contribution in [-0.4, -0.2) is 25.8 Å². The van der Waals surface area contributed by atoms with Gasteiger partial charge in [0.2, 0.25) is 0 Å². The van der Waals surface area contributed by atoms with Crippen molar-refractivity contribution in [3.63, 3.8) is 0 Å². The van der Waals surface area contributed by atoms with Gasteiger partial charge in [-0.2, -0.15) is 0 Å². The molecule has 0 bridgehead atoms. The Morgan fingerprint density at radius 2 is 1.30 bits per heavy atom. The molecule has 0 aromatic rings. The lowest BCUT2D eigenvalue weighted by atomic mass is 10.0. The third-order valence-electron chi connectivity index (χ3n) is 4.27. The van der Waals surface area contributed by atoms with Crippen LogP contribution in [0.5, 0.6) is 0 Å². The van der Waals surface area contributed by atoms with Crippen LogP contribution in [0.25, 0.3) is 0 Å². The number of ether oxygens (including phenoxy) is 1. The Morgan fingerprint density at radius 1 is 0.800 bits per heavy atom. The molecule has 0 spiro atoms. The molecular weight excluding hydrogens is 246 g/mol. The quantitative estimate of drug-likeness (QED) is 0.412. The Morgan fingerprint density at radius 3 is 1.75 bits per heavy atom. The van der Waals surface area contributed by atoms with Crippen molar-refractivity contribution in [2.75, 3.05) is 13.7 Å². The zero-order valence-corrected chi connectivity index (χ0v) is 14.5. The van der Waals surface area contributed by atoms with Gasteiger partial charge in [-0.3, -0.25) is 0 Å². The normalized spacial score (nSPS) is 14.4. The molecule has 0 saturated carbocycles. The van der Waals surface area contributed by atoms with Crippen molar-refractivity contribution in [1.82, 2.24) is 5.32 Å². The molecule has 0 amide bonds. The van der Waals surface area contributed by atoms with Crippen LogP contribution in [0.2, 0.25) is 0 Å². The van der Waals surface area contributed by atoms with E-state index in [4.69, 9.17) is 4.74 Å². The van der Waals surface area contributed by atoms with Gasteiger partial charge in [-0.1, -0.05) is 78.1 Å². The smallest absolute Gasteiger partial charge is 0.0696 e. The number of rotatable bonds is 15. The third kappa shape index (κ3) is 11.7. The first kappa shape index (κ1) is 19.9. The third-order valence-corrected chi connectivity index (χ3v) is 4.27. The average molecular weight is 286 g/mol. The fraction of sp³-hybridized carbons (Fsp3) is 1.00. The van der Waals surface area contributed by atoms with E-state index in [-0.39, 0.29) is 0 Å². The fourth-order valence-corrected chi connectivity index (χ4v) is 2.78. The minimum atomic E-state index is 0.327. The zero-order chi connectivity index (χ0) is 15.1. The maximum atomic E-state index is 5.44. The number of nitrogens with one attached hydrogen (secondary N) is 1. The maximum Gasteiger partial charge on any atom is 0.0696 e. The Labute approximate surface area is 128 Å². The summed E-state index contributed by atoms with van der Waals surface area (Å²) in [6.07, 6.45) is 15.7. The average Bonchev–Trinajstić information content (AvgIpc) is 2.47. The van der Waals surface area contributed by atoms with E-state index in [0.717, 1.165) is 6.54 Å². The van der Waals surface area contributed by atoms with Gasteiger partial charge in [-0.05, 0) is 19.9 Å². The molecule has 0 rings (SSSR count). The Hall–Kier alpha value is -0.0800. The molecule has 1 N–H and O–H groups in total. The van der Waals surface area contributed by atoms with Gasteiger partial charge in [-0.25, -0.2) is 0 Å². The predicted octanol–water partition coefficient (Wildman–Crippen LogP) is 5.31. The zero-order valence-electron chi connectivity index (χ0n) is 14.5. The van der Waals surface area contributed by atoms with Crippen molar-refractivity contribution in [3.8, 4) is 0 Å². The van der Waals surface area contributed by atoms with Crippen LogP contribution < -0.4 is 5.32 Å². The van der Waals surface area contributed by atoms with Crippen molar-refractivity contribution in [3.05, 3.63) is 0 Å². The highest BCUT2D eigenvalue weighted by molar-refractivity contribution is 4.72. The van der Waals surface area contributed by atoms with Crippen LogP contribution in [0.3, 0.4) is 0 Å². The number of unbranched alkanes of at least 4 members (excludes halogenated alkanes) is 9. The largest absolute Gasteiger partial charge is 0.380 e.